The molecule has 4 rings (SSSR count). The van der Waals surface area contributed by atoms with Gasteiger partial charge in [-0.1, -0.05) is 0 Å². The van der Waals surface area contributed by atoms with E-state index in [1.54, 1.807) is 0 Å². The Morgan fingerprint density at radius 2 is 0.620 bits per heavy atom. The lowest BCUT2D eigenvalue weighted by atomic mass is 9.97. The second-order valence-corrected chi connectivity index (χ2v) is 9.72. The summed E-state index contributed by atoms with van der Waals surface area (Å²) < 4.78 is 206. The predicted octanol–water partition coefficient (Wildman–Crippen LogP) is 8.46. The van der Waals surface area contributed by atoms with Crippen LogP contribution in [0.25, 0.3) is 16.7 Å². The molecule has 0 unspecified atom stereocenters. The first-order valence-corrected chi connectivity index (χ1v) is 12.5. The van der Waals surface area contributed by atoms with Crippen molar-refractivity contribution in [2.45, 2.75) is 12.8 Å². The molecule has 3 aromatic carbocycles. The van der Waals surface area contributed by atoms with Crippen molar-refractivity contribution in [3.8, 4) is 30.3 Å². The second kappa shape index (κ2) is 12.4. The van der Waals surface area contributed by atoms with Crippen molar-refractivity contribution in [1.29, 1.82) is 26.3 Å². The Hall–Kier alpha value is -6.65. The van der Waals surface area contributed by atoms with Crippen molar-refractivity contribution in [2.75, 3.05) is 0 Å². The van der Waals surface area contributed by atoms with Gasteiger partial charge in [0.2, 0.25) is 0 Å². The van der Waals surface area contributed by atoms with Crippen LogP contribution in [0.1, 0.15) is 40.3 Å². The molecule has 1 saturated carbocycles. The molecule has 50 heavy (non-hydrogen) atoms. The molecular weight excluding hydrogens is 708 g/mol. The van der Waals surface area contributed by atoms with Gasteiger partial charge in [-0.15, -0.1) is 0 Å². The summed E-state index contributed by atoms with van der Waals surface area (Å²) in [4.78, 5) is 0. The van der Waals surface area contributed by atoms with Crippen LogP contribution in [0, 0.1) is 126 Å². The molecule has 0 heterocycles. The van der Waals surface area contributed by atoms with E-state index >= 15 is 26.3 Å². The van der Waals surface area contributed by atoms with Gasteiger partial charge < -0.3 is 0 Å². The Morgan fingerprint density at radius 3 is 0.800 bits per heavy atom. The molecule has 3 aromatic rings. The standard InChI is InChI=1S/C31H3F14N5/c1-31(44,45)18-29(42)27(40)17(28(41)30(18)43)9(4-48)14-12(7(2-46)15-23(36)19(32)10(5-49)20(33)24(15)37)13(14)8(3-47)16-25(38)21(34)11(6-50)22(35)26(16)39/h1H3/b12-7-,13-8?,14-9-. The Balaban J connectivity index is 2.38. The van der Waals surface area contributed by atoms with Gasteiger partial charge in [0.25, 0.3) is 5.92 Å². The summed E-state index contributed by atoms with van der Waals surface area (Å²) >= 11 is 0. The minimum atomic E-state index is -4.65. The molecule has 0 N–H and O–H groups in total. The molecule has 0 aliphatic heterocycles. The maximum atomic E-state index is 15.2. The van der Waals surface area contributed by atoms with E-state index in [0.29, 0.717) is 0 Å². The molecule has 250 valence electrons. The third-order valence-corrected chi connectivity index (χ3v) is 6.98. The van der Waals surface area contributed by atoms with Crippen LogP contribution in [0.15, 0.2) is 16.7 Å². The van der Waals surface area contributed by atoms with E-state index in [2.05, 4.69) is 0 Å². The summed E-state index contributed by atoms with van der Waals surface area (Å²) in [7, 11) is 0. The highest BCUT2D eigenvalue weighted by molar-refractivity contribution is 6.12. The first kappa shape index (κ1) is 36.2. The zero-order valence-electron chi connectivity index (χ0n) is 23.5. The molecule has 0 atom stereocenters. The average Bonchev–Trinajstić information content (AvgIpc) is 3.77. The van der Waals surface area contributed by atoms with Gasteiger partial charge in [0.05, 0.1) is 39.0 Å². The predicted molar refractivity (Wildman–Crippen MR) is 135 cm³/mol. The van der Waals surface area contributed by atoms with E-state index in [4.69, 9.17) is 10.5 Å². The number of nitrogens with zero attached hydrogens (tertiary/aromatic N) is 5. The van der Waals surface area contributed by atoms with Gasteiger partial charge in [0.1, 0.15) is 41.5 Å². The number of hydrogen-bond donors (Lipinski definition) is 0. The van der Waals surface area contributed by atoms with Crippen molar-refractivity contribution in [3.63, 3.8) is 0 Å². The van der Waals surface area contributed by atoms with Gasteiger partial charge in [0, 0.05) is 23.6 Å². The molecule has 5 nitrogen and oxygen atoms in total. The fourth-order valence-corrected chi connectivity index (χ4v) is 4.78. The largest absolute Gasteiger partial charge is 0.276 e. The van der Waals surface area contributed by atoms with E-state index in [-0.39, 0.29) is 6.92 Å². The van der Waals surface area contributed by atoms with Crippen molar-refractivity contribution >= 4 is 16.7 Å². The van der Waals surface area contributed by atoms with Crippen LogP contribution in [0.4, 0.5) is 61.5 Å². The van der Waals surface area contributed by atoms with E-state index in [9.17, 15) is 50.9 Å². The number of allylic oxidation sites excluding steroid dienone is 6. The fraction of sp³-hybridized carbons (Fsp3) is 0.0645. The summed E-state index contributed by atoms with van der Waals surface area (Å²) in [5, 5.41) is 47.1. The molecular formula is C31H3F14N5. The van der Waals surface area contributed by atoms with Crippen LogP contribution in [-0.2, 0) is 5.92 Å². The van der Waals surface area contributed by atoms with Gasteiger partial charge in [-0.3, -0.25) is 0 Å². The number of alkyl halides is 2. The summed E-state index contributed by atoms with van der Waals surface area (Å²) in [5.74, 6) is -36.2. The summed E-state index contributed by atoms with van der Waals surface area (Å²) in [6, 6.07) is 4.17. The van der Waals surface area contributed by atoms with E-state index in [1.807, 2.05) is 0 Å². The van der Waals surface area contributed by atoms with E-state index < -0.39 is 143 Å². The van der Waals surface area contributed by atoms with Crippen LogP contribution in [0.2, 0.25) is 0 Å². The average molecular weight is 711 g/mol. The topological polar surface area (TPSA) is 119 Å². The summed E-state index contributed by atoms with van der Waals surface area (Å²) in [6.07, 6.45) is 0. The molecule has 0 radical (unpaired) electrons. The minimum absolute atomic E-state index is 0.213. The van der Waals surface area contributed by atoms with Crippen LogP contribution in [0.5, 0.6) is 0 Å². The Morgan fingerprint density at radius 1 is 0.400 bits per heavy atom. The number of nitriles is 5. The van der Waals surface area contributed by atoms with Gasteiger partial charge in [-0.25, -0.2) is 61.5 Å². The molecule has 0 aromatic heterocycles. The Kier molecular flexibility index (Phi) is 8.99. The number of rotatable bonds is 4. The van der Waals surface area contributed by atoms with Crippen LogP contribution >= 0.6 is 0 Å². The maximum Gasteiger partial charge on any atom is 0.276 e. The molecule has 0 spiro atoms. The zero-order chi connectivity index (χ0) is 37.9. The quantitative estimate of drug-likeness (QED) is 0.153. The van der Waals surface area contributed by atoms with Crippen LogP contribution in [0.3, 0.4) is 0 Å². The van der Waals surface area contributed by atoms with Crippen molar-refractivity contribution in [3.05, 3.63) is 120 Å². The summed E-state index contributed by atoms with van der Waals surface area (Å²) in [6.45, 7) is -0.213. The molecule has 1 aliphatic carbocycles. The Labute approximate surface area is 267 Å². The van der Waals surface area contributed by atoms with Crippen LogP contribution < -0.4 is 0 Å². The monoisotopic (exact) mass is 711 g/mol. The van der Waals surface area contributed by atoms with E-state index in [1.165, 1.54) is 0 Å². The highest BCUT2D eigenvalue weighted by Gasteiger charge is 2.47. The summed E-state index contributed by atoms with van der Waals surface area (Å²) in [5.41, 5.74) is -23.1. The van der Waals surface area contributed by atoms with Gasteiger partial charge >= 0.3 is 0 Å². The first-order chi connectivity index (χ1) is 23.3. The molecule has 0 amide bonds. The third kappa shape index (κ3) is 5.06. The number of hydrogen-bond acceptors (Lipinski definition) is 5. The molecule has 1 aliphatic rings. The smallest absolute Gasteiger partial charge is 0.203 e. The number of halogens is 14. The first-order valence-electron chi connectivity index (χ1n) is 12.5. The number of benzene rings is 3. The van der Waals surface area contributed by atoms with Gasteiger partial charge in [0.15, 0.2) is 69.8 Å². The fourth-order valence-electron chi connectivity index (χ4n) is 4.78. The normalized spacial score (nSPS) is 15.3. The zero-order valence-corrected chi connectivity index (χ0v) is 23.5. The highest BCUT2D eigenvalue weighted by atomic mass is 19.3. The lowest BCUT2D eigenvalue weighted by Gasteiger charge is -2.16. The molecule has 19 heteroatoms. The van der Waals surface area contributed by atoms with Crippen molar-refractivity contribution in [1.82, 2.24) is 0 Å². The molecule has 1 fully saturated rings. The highest BCUT2D eigenvalue weighted by Crippen LogP contribution is 2.57. The third-order valence-electron chi connectivity index (χ3n) is 6.98. The second-order valence-electron chi connectivity index (χ2n) is 9.72. The Bertz CT molecular complexity index is 2230. The molecule has 0 saturated heterocycles. The van der Waals surface area contributed by atoms with Crippen molar-refractivity contribution in [2.24, 2.45) is 0 Å². The van der Waals surface area contributed by atoms with E-state index in [0.717, 1.165) is 30.3 Å². The maximum absolute atomic E-state index is 15.2. The molecule has 0 bridgehead atoms. The SMILES string of the molecule is CC(F)(F)c1c(F)c(F)c(/C(C#N)=C2\C(=C(C#N)c3c(F)c(F)c(C#N)c(F)c3F)\C2=C(/C#N)c2c(F)c(F)c(C#N)c(F)c2F)c(F)c1F. The van der Waals surface area contributed by atoms with Gasteiger partial charge in [-0.05, 0) is 0 Å². The van der Waals surface area contributed by atoms with Crippen LogP contribution in [-0.4, -0.2) is 0 Å². The van der Waals surface area contributed by atoms with Crippen molar-refractivity contribution < 1.29 is 61.5 Å². The minimum Gasteiger partial charge on any atom is -0.203 e. The van der Waals surface area contributed by atoms with Gasteiger partial charge in [-0.2, -0.15) is 26.3 Å². The lowest BCUT2D eigenvalue weighted by molar-refractivity contribution is 0.00824. The lowest BCUT2D eigenvalue weighted by Crippen LogP contribution is -2.18.